The summed E-state index contributed by atoms with van der Waals surface area (Å²) in [7, 11) is 1.33. The van der Waals surface area contributed by atoms with E-state index in [9.17, 15) is 27.5 Å². The third kappa shape index (κ3) is 5.72. The van der Waals surface area contributed by atoms with Crippen LogP contribution >= 0.6 is 11.3 Å². The number of hydrogen-bond acceptors (Lipinski definition) is 5. The van der Waals surface area contributed by atoms with Crippen LogP contribution < -0.4 is 9.47 Å². The van der Waals surface area contributed by atoms with E-state index in [0.29, 0.717) is 10.6 Å². The first-order chi connectivity index (χ1) is 14.6. The highest BCUT2D eigenvalue weighted by Crippen LogP contribution is 2.39. The van der Waals surface area contributed by atoms with Crippen molar-refractivity contribution in [2.75, 3.05) is 7.11 Å². The Morgan fingerprint density at radius 1 is 1.23 bits per heavy atom. The molecule has 1 N–H and O–H groups in total. The van der Waals surface area contributed by atoms with Gasteiger partial charge in [-0.2, -0.15) is 0 Å². The van der Waals surface area contributed by atoms with Crippen molar-refractivity contribution in [3.8, 4) is 22.6 Å². The molecule has 3 rings (SSSR count). The summed E-state index contributed by atoms with van der Waals surface area (Å²) >= 11 is 1.29. The van der Waals surface area contributed by atoms with Gasteiger partial charge >= 0.3 is 12.3 Å². The van der Waals surface area contributed by atoms with Gasteiger partial charge in [0, 0.05) is 22.6 Å². The van der Waals surface area contributed by atoms with Crippen molar-refractivity contribution in [3.63, 3.8) is 0 Å². The van der Waals surface area contributed by atoms with Gasteiger partial charge in [-0.05, 0) is 48.4 Å². The van der Waals surface area contributed by atoms with Crippen molar-refractivity contribution in [3.05, 3.63) is 63.9 Å². The van der Waals surface area contributed by atoms with Crippen molar-refractivity contribution < 1.29 is 36.9 Å². The van der Waals surface area contributed by atoms with Gasteiger partial charge in [0.05, 0.1) is 13.5 Å². The van der Waals surface area contributed by atoms with Gasteiger partial charge in [0.25, 0.3) is 0 Å². The monoisotopic (exact) mass is 455 g/mol. The molecule has 0 saturated heterocycles. The summed E-state index contributed by atoms with van der Waals surface area (Å²) in [5, 5.41) is 9.83. The van der Waals surface area contributed by atoms with Gasteiger partial charge in [0.1, 0.15) is 22.3 Å². The molecule has 0 amide bonds. The van der Waals surface area contributed by atoms with Crippen LogP contribution in [0.25, 0.3) is 11.1 Å². The first-order valence-electron chi connectivity index (χ1n) is 8.94. The van der Waals surface area contributed by atoms with Crippen molar-refractivity contribution in [1.29, 1.82) is 0 Å². The fourth-order valence-electron chi connectivity index (χ4n) is 3.13. The van der Waals surface area contributed by atoms with Gasteiger partial charge in [-0.3, -0.25) is 4.79 Å². The number of carbonyl (C=O) groups is 1. The molecule has 31 heavy (non-hydrogen) atoms. The quantitative estimate of drug-likeness (QED) is 0.458. The molecule has 3 aromatic rings. The first-order valence-corrected chi connectivity index (χ1v) is 9.76. The predicted octanol–water partition coefficient (Wildman–Crippen LogP) is 5.77. The maximum absolute atomic E-state index is 14.5. The normalized spacial score (nSPS) is 12.5. The van der Waals surface area contributed by atoms with E-state index in [1.165, 1.54) is 36.6 Å². The maximum Gasteiger partial charge on any atom is 0.573 e. The molecule has 0 aliphatic rings. The Hall–Kier alpha value is -3.14. The molecule has 1 unspecified atom stereocenters. The van der Waals surface area contributed by atoms with E-state index in [1.807, 2.05) is 6.92 Å². The number of carboxylic acid groups (broad SMARTS) is 1. The Kier molecular flexibility index (Phi) is 6.49. The molecule has 2 aromatic carbocycles. The van der Waals surface area contributed by atoms with E-state index < -0.39 is 29.8 Å². The molecule has 1 atom stereocenters. The number of aliphatic carboxylic acids is 1. The molecule has 0 saturated carbocycles. The number of benzene rings is 2. The van der Waals surface area contributed by atoms with Gasteiger partial charge < -0.3 is 14.6 Å². The van der Waals surface area contributed by atoms with E-state index in [4.69, 9.17) is 4.74 Å². The lowest BCUT2D eigenvalue weighted by Crippen LogP contribution is -2.17. The van der Waals surface area contributed by atoms with Crippen LogP contribution in [0.15, 0.2) is 42.6 Å². The lowest BCUT2D eigenvalue weighted by molar-refractivity contribution is -0.274. The summed E-state index contributed by atoms with van der Waals surface area (Å²) in [4.78, 5) is 16.5. The summed E-state index contributed by atoms with van der Waals surface area (Å²) in [6, 6.07) is 7.29. The average Bonchev–Trinajstić information content (AvgIpc) is 3.10. The molecule has 10 heteroatoms. The van der Waals surface area contributed by atoms with E-state index >= 15 is 0 Å². The number of aromatic nitrogens is 1. The highest BCUT2D eigenvalue weighted by Gasteiger charge is 2.31. The lowest BCUT2D eigenvalue weighted by Gasteiger charge is -2.17. The lowest BCUT2D eigenvalue weighted by atomic mass is 9.92. The molecule has 5 nitrogen and oxygen atoms in total. The molecule has 164 valence electrons. The van der Waals surface area contributed by atoms with Crippen molar-refractivity contribution in [2.24, 2.45) is 0 Å². The van der Waals surface area contributed by atoms with Gasteiger partial charge in [-0.1, -0.05) is 6.07 Å². The van der Waals surface area contributed by atoms with E-state index in [1.54, 1.807) is 6.20 Å². The number of carboxylic acids is 1. The minimum Gasteiger partial charge on any atom is -0.496 e. The number of nitrogens with zero attached hydrogens (tertiary/aromatic N) is 1. The van der Waals surface area contributed by atoms with Crippen LogP contribution in [-0.2, 0) is 4.79 Å². The number of rotatable bonds is 7. The predicted molar refractivity (Wildman–Crippen MR) is 106 cm³/mol. The second kappa shape index (κ2) is 8.93. The summed E-state index contributed by atoms with van der Waals surface area (Å²) in [6.07, 6.45) is -3.63. The minimum absolute atomic E-state index is 0.161. The average molecular weight is 455 g/mol. The number of ether oxygens (including phenoxy) is 2. The smallest absolute Gasteiger partial charge is 0.496 e. The van der Waals surface area contributed by atoms with Gasteiger partial charge in [0.15, 0.2) is 0 Å². The second-order valence-corrected chi connectivity index (χ2v) is 7.91. The number of halogens is 4. The Bertz CT molecular complexity index is 1100. The van der Waals surface area contributed by atoms with Gasteiger partial charge in [0.2, 0.25) is 0 Å². The second-order valence-electron chi connectivity index (χ2n) is 6.64. The molecule has 0 spiro atoms. The Morgan fingerprint density at radius 3 is 2.55 bits per heavy atom. The molecule has 0 bridgehead atoms. The van der Waals surface area contributed by atoms with Crippen LogP contribution in [0.1, 0.15) is 27.8 Å². The first kappa shape index (κ1) is 22.5. The largest absolute Gasteiger partial charge is 0.573 e. The highest BCUT2D eigenvalue weighted by molar-refractivity contribution is 7.11. The van der Waals surface area contributed by atoms with E-state index in [-0.39, 0.29) is 23.3 Å². The summed E-state index contributed by atoms with van der Waals surface area (Å²) in [5.74, 6) is -2.80. The van der Waals surface area contributed by atoms with Crippen LogP contribution in [0.3, 0.4) is 0 Å². The number of hydrogen-bond donors (Lipinski definition) is 1. The van der Waals surface area contributed by atoms with Crippen molar-refractivity contribution in [1.82, 2.24) is 4.98 Å². The molecule has 0 aliphatic heterocycles. The molecule has 1 aromatic heterocycles. The van der Waals surface area contributed by atoms with Crippen molar-refractivity contribution >= 4 is 17.3 Å². The molecular weight excluding hydrogens is 438 g/mol. The molecule has 0 aliphatic carbocycles. The van der Waals surface area contributed by atoms with Crippen LogP contribution in [0.2, 0.25) is 0 Å². The van der Waals surface area contributed by atoms with Crippen LogP contribution in [0.5, 0.6) is 11.5 Å². The molecule has 0 fully saturated rings. The van der Waals surface area contributed by atoms with Crippen LogP contribution in [0, 0.1) is 12.7 Å². The zero-order chi connectivity index (χ0) is 22.8. The Morgan fingerprint density at radius 2 is 1.97 bits per heavy atom. The maximum atomic E-state index is 14.5. The number of aryl methyl sites for hydroxylation is 1. The standard InChI is InChI=1S/C21H17F4NO4S/c1-11-10-26-20(31-11)17(9-19(27)28)13-5-12(6-14(22)7-13)16-8-15(30-21(23,24)25)3-4-18(16)29-2/h3-8,10,17H,9H2,1-2H3,(H,27,28). The van der Waals surface area contributed by atoms with Crippen LogP contribution in [0.4, 0.5) is 17.6 Å². The molecule has 0 radical (unpaired) electrons. The zero-order valence-electron chi connectivity index (χ0n) is 16.4. The molecular formula is C21H17F4NO4S. The Balaban J connectivity index is 2.11. The van der Waals surface area contributed by atoms with Gasteiger partial charge in [-0.25, -0.2) is 9.37 Å². The third-order valence-electron chi connectivity index (χ3n) is 4.35. The molecule has 1 heterocycles. The van der Waals surface area contributed by atoms with E-state index in [2.05, 4.69) is 9.72 Å². The zero-order valence-corrected chi connectivity index (χ0v) is 17.2. The fraction of sp³-hybridized carbons (Fsp3) is 0.238. The minimum atomic E-state index is -4.89. The van der Waals surface area contributed by atoms with Crippen LogP contribution in [-0.4, -0.2) is 29.5 Å². The number of methoxy groups -OCH3 is 1. The van der Waals surface area contributed by atoms with Crippen molar-refractivity contribution in [2.45, 2.75) is 25.6 Å². The summed E-state index contributed by atoms with van der Waals surface area (Å²) in [5.41, 5.74) is 0.702. The highest BCUT2D eigenvalue weighted by atomic mass is 32.1. The number of thiazole rings is 1. The summed E-state index contributed by atoms with van der Waals surface area (Å²) in [6.45, 7) is 1.81. The van der Waals surface area contributed by atoms with E-state index in [0.717, 1.165) is 23.1 Å². The topological polar surface area (TPSA) is 68.7 Å². The fourth-order valence-corrected chi connectivity index (χ4v) is 4.04. The SMILES string of the molecule is COc1ccc(OC(F)(F)F)cc1-c1cc(F)cc(C(CC(=O)O)c2ncc(C)s2)c1. The Labute approximate surface area is 178 Å². The van der Waals surface area contributed by atoms with Gasteiger partial charge in [-0.15, -0.1) is 24.5 Å². The third-order valence-corrected chi connectivity index (χ3v) is 5.38. The number of alkyl halides is 3. The summed E-state index contributed by atoms with van der Waals surface area (Å²) < 4.78 is 61.6.